The van der Waals surface area contributed by atoms with Crippen LogP contribution in [0.4, 0.5) is 0 Å². The summed E-state index contributed by atoms with van der Waals surface area (Å²) >= 11 is 1.74. The molecule has 1 N–H and O–H groups in total. The molecule has 0 spiro atoms. The van der Waals surface area contributed by atoms with E-state index in [0.29, 0.717) is 0 Å². The zero-order valence-electron chi connectivity index (χ0n) is 9.44. The summed E-state index contributed by atoms with van der Waals surface area (Å²) in [7, 11) is 0. The molecule has 1 aromatic heterocycles. The summed E-state index contributed by atoms with van der Waals surface area (Å²) in [5, 5.41) is 6.62. The van der Waals surface area contributed by atoms with Crippen LogP contribution in [0.2, 0.25) is 0 Å². The van der Waals surface area contributed by atoms with Crippen LogP contribution in [0, 0.1) is 0 Å². The molecule has 0 saturated heterocycles. The first-order valence-corrected chi connectivity index (χ1v) is 6.44. The third kappa shape index (κ3) is 3.15. The van der Waals surface area contributed by atoms with Crippen molar-refractivity contribution in [3.05, 3.63) is 52.0 Å². The first-order chi connectivity index (χ1) is 7.88. The van der Waals surface area contributed by atoms with Gasteiger partial charge in [-0.25, -0.2) is 4.98 Å². The smallest absolute Gasteiger partial charge is 0.107 e. The maximum absolute atomic E-state index is 4.60. The average Bonchev–Trinajstić information content (AvgIpc) is 2.75. The van der Waals surface area contributed by atoms with Crippen molar-refractivity contribution in [2.24, 2.45) is 0 Å². The first kappa shape index (κ1) is 11.3. The molecular weight excluding hydrogens is 216 g/mol. The zero-order chi connectivity index (χ0) is 11.2. The Balaban J connectivity index is 1.97. The molecule has 1 aromatic carbocycles. The summed E-state index contributed by atoms with van der Waals surface area (Å²) in [4.78, 5) is 4.60. The highest BCUT2D eigenvalue weighted by atomic mass is 32.1. The minimum absolute atomic E-state index is 0.885. The monoisotopic (exact) mass is 232 g/mol. The lowest BCUT2D eigenvalue weighted by Crippen LogP contribution is -2.11. The molecule has 0 amide bonds. The minimum Gasteiger partial charge on any atom is -0.311 e. The molecule has 0 saturated carbocycles. The SMILES string of the molecule is CCNCc1nc(Cc2ccccc2)cs1. The van der Waals surface area contributed by atoms with Crippen LogP contribution >= 0.6 is 11.3 Å². The number of rotatable bonds is 5. The van der Waals surface area contributed by atoms with E-state index in [1.165, 1.54) is 16.3 Å². The Bertz CT molecular complexity index is 423. The van der Waals surface area contributed by atoms with Gasteiger partial charge in [0.1, 0.15) is 5.01 Å². The second-order valence-electron chi connectivity index (χ2n) is 3.68. The van der Waals surface area contributed by atoms with E-state index in [0.717, 1.165) is 19.5 Å². The van der Waals surface area contributed by atoms with Gasteiger partial charge in [-0.3, -0.25) is 0 Å². The van der Waals surface area contributed by atoms with E-state index >= 15 is 0 Å². The van der Waals surface area contributed by atoms with Crippen molar-refractivity contribution >= 4 is 11.3 Å². The van der Waals surface area contributed by atoms with Crippen molar-refractivity contribution in [2.45, 2.75) is 19.9 Å². The maximum Gasteiger partial charge on any atom is 0.107 e. The van der Waals surface area contributed by atoms with Crippen molar-refractivity contribution in [1.29, 1.82) is 0 Å². The molecule has 0 aliphatic rings. The molecule has 0 bridgehead atoms. The highest BCUT2D eigenvalue weighted by Crippen LogP contribution is 2.13. The van der Waals surface area contributed by atoms with Gasteiger partial charge in [-0.2, -0.15) is 0 Å². The highest BCUT2D eigenvalue weighted by molar-refractivity contribution is 7.09. The summed E-state index contributed by atoms with van der Waals surface area (Å²) in [5.41, 5.74) is 2.49. The molecule has 0 atom stereocenters. The summed E-state index contributed by atoms with van der Waals surface area (Å²) in [6.45, 7) is 3.99. The van der Waals surface area contributed by atoms with Crippen LogP contribution in [0.1, 0.15) is 23.2 Å². The van der Waals surface area contributed by atoms with Crippen LogP contribution in [0.5, 0.6) is 0 Å². The lowest BCUT2D eigenvalue weighted by Gasteiger charge is -1.97. The third-order valence-corrected chi connectivity index (χ3v) is 3.25. The van der Waals surface area contributed by atoms with Crippen molar-refractivity contribution in [1.82, 2.24) is 10.3 Å². The third-order valence-electron chi connectivity index (χ3n) is 2.35. The average molecular weight is 232 g/mol. The van der Waals surface area contributed by atoms with Crippen LogP contribution in [0.3, 0.4) is 0 Å². The van der Waals surface area contributed by atoms with Crippen LogP contribution in [0.25, 0.3) is 0 Å². The molecule has 0 unspecified atom stereocenters. The fourth-order valence-corrected chi connectivity index (χ4v) is 2.31. The Labute approximate surface area is 100 Å². The lowest BCUT2D eigenvalue weighted by atomic mass is 10.1. The number of hydrogen-bond donors (Lipinski definition) is 1. The van der Waals surface area contributed by atoms with E-state index in [4.69, 9.17) is 0 Å². The fourth-order valence-electron chi connectivity index (χ4n) is 1.55. The second-order valence-corrected chi connectivity index (χ2v) is 4.62. The molecule has 84 valence electrons. The topological polar surface area (TPSA) is 24.9 Å². The standard InChI is InChI=1S/C13H16N2S/c1-2-14-9-13-15-12(10-16-13)8-11-6-4-3-5-7-11/h3-7,10,14H,2,8-9H2,1H3. The molecule has 0 aliphatic heterocycles. The number of nitrogens with zero attached hydrogens (tertiary/aromatic N) is 1. The summed E-state index contributed by atoms with van der Waals surface area (Å²) < 4.78 is 0. The Hall–Kier alpha value is -1.19. The Morgan fingerprint density at radius 3 is 2.81 bits per heavy atom. The van der Waals surface area contributed by atoms with Gasteiger partial charge in [-0.1, -0.05) is 37.3 Å². The van der Waals surface area contributed by atoms with Crippen LogP contribution < -0.4 is 5.32 Å². The predicted octanol–water partition coefficient (Wildman–Crippen LogP) is 2.84. The summed E-state index contributed by atoms with van der Waals surface area (Å²) in [6, 6.07) is 10.5. The van der Waals surface area contributed by atoms with Gasteiger partial charge in [-0.15, -0.1) is 11.3 Å². The van der Waals surface area contributed by atoms with E-state index in [1.807, 2.05) is 6.07 Å². The van der Waals surface area contributed by atoms with Crippen molar-refractivity contribution in [3.63, 3.8) is 0 Å². The Kier molecular flexibility index (Phi) is 4.08. The van der Waals surface area contributed by atoms with Crippen molar-refractivity contribution in [3.8, 4) is 0 Å². The van der Waals surface area contributed by atoms with E-state index in [9.17, 15) is 0 Å². The summed E-state index contributed by atoms with van der Waals surface area (Å²) in [5.74, 6) is 0. The van der Waals surface area contributed by atoms with E-state index in [1.54, 1.807) is 11.3 Å². The van der Waals surface area contributed by atoms with Gasteiger partial charge in [0.15, 0.2) is 0 Å². The van der Waals surface area contributed by atoms with Gasteiger partial charge in [0.25, 0.3) is 0 Å². The number of thiazole rings is 1. The number of aromatic nitrogens is 1. The van der Waals surface area contributed by atoms with Crippen molar-refractivity contribution < 1.29 is 0 Å². The van der Waals surface area contributed by atoms with Gasteiger partial charge in [0.05, 0.1) is 5.69 Å². The molecule has 0 fully saturated rings. The molecular formula is C13H16N2S. The Morgan fingerprint density at radius 1 is 1.25 bits per heavy atom. The quantitative estimate of drug-likeness (QED) is 0.857. The van der Waals surface area contributed by atoms with E-state index < -0.39 is 0 Å². The van der Waals surface area contributed by atoms with Gasteiger partial charge in [0, 0.05) is 18.3 Å². The van der Waals surface area contributed by atoms with E-state index in [-0.39, 0.29) is 0 Å². The van der Waals surface area contributed by atoms with Gasteiger partial charge in [0.2, 0.25) is 0 Å². The normalized spacial score (nSPS) is 10.6. The van der Waals surface area contributed by atoms with Crippen LogP contribution in [-0.4, -0.2) is 11.5 Å². The van der Waals surface area contributed by atoms with Gasteiger partial charge in [-0.05, 0) is 12.1 Å². The molecule has 1 heterocycles. The molecule has 0 radical (unpaired) electrons. The molecule has 2 aromatic rings. The number of hydrogen-bond acceptors (Lipinski definition) is 3. The molecule has 0 aliphatic carbocycles. The molecule has 2 nitrogen and oxygen atoms in total. The second kappa shape index (κ2) is 5.77. The Morgan fingerprint density at radius 2 is 2.06 bits per heavy atom. The lowest BCUT2D eigenvalue weighted by molar-refractivity contribution is 0.720. The van der Waals surface area contributed by atoms with Gasteiger partial charge < -0.3 is 5.32 Å². The van der Waals surface area contributed by atoms with E-state index in [2.05, 4.69) is 46.9 Å². The first-order valence-electron chi connectivity index (χ1n) is 5.56. The number of nitrogens with one attached hydrogen (secondary N) is 1. The minimum atomic E-state index is 0.885. The predicted molar refractivity (Wildman–Crippen MR) is 68.7 cm³/mol. The van der Waals surface area contributed by atoms with Gasteiger partial charge >= 0.3 is 0 Å². The maximum atomic E-state index is 4.60. The van der Waals surface area contributed by atoms with Crippen molar-refractivity contribution in [2.75, 3.05) is 6.54 Å². The van der Waals surface area contributed by atoms with Crippen LogP contribution in [-0.2, 0) is 13.0 Å². The molecule has 3 heteroatoms. The highest BCUT2D eigenvalue weighted by Gasteiger charge is 2.02. The zero-order valence-corrected chi connectivity index (χ0v) is 10.3. The summed E-state index contributed by atoms with van der Waals surface area (Å²) in [6.07, 6.45) is 0.934. The largest absolute Gasteiger partial charge is 0.311 e. The number of benzene rings is 1. The molecule has 2 rings (SSSR count). The fraction of sp³-hybridized carbons (Fsp3) is 0.308. The van der Waals surface area contributed by atoms with Crippen LogP contribution in [0.15, 0.2) is 35.7 Å². The molecule has 16 heavy (non-hydrogen) atoms.